The molecule has 2 aromatic rings. The van der Waals surface area contributed by atoms with Crippen LogP contribution in [0.4, 0.5) is 0 Å². The summed E-state index contributed by atoms with van der Waals surface area (Å²) >= 11 is 0. The minimum absolute atomic E-state index is 0.0441. The molecule has 3 N–H and O–H groups in total. The predicted molar refractivity (Wildman–Crippen MR) is 68.9 cm³/mol. The Hall–Kier alpha value is -1.39. The third kappa shape index (κ3) is 2.33. The Morgan fingerprint density at radius 2 is 2.00 bits per heavy atom. The lowest BCUT2D eigenvalue weighted by Gasteiger charge is -2.22. The Balaban J connectivity index is 2.46. The fourth-order valence-corrected chi connectivity index (χ4v) is 1.88. The molecule has 0 bridgehead atoms. The van der Waals surface area contributed by atoms with E-state index in [-0.39, 0.29) is 6.61 Å². The number of hydrogen-bond donors (Lipinski definition) is 2. The van der Waals surface area contributed by atoms with E-state index in [1.54, 1.807) is 6.33 Å². The van der Waals surface area contributed by atoms with E-state index in [1.807, 2.05) is 11.5 Å². The Labute approximate surface area is 101 Å². The summed E-state index contributed by atoms with van der Waals surface area (Å²) in [7, 11) is 0. The fraction of sp³-hybridized carbons (Fsp3) is 0.462. The zero-order valence-corrected chi connectivity index (χ0v) is 10.6. The van der Waals surface area contributed by atoms with E-state index >= 15 is 0 Å². The largest absolute Gasteiger partial charge is 0.394 e. The van der Waals surface area contributed by atoms with Crippen LogP contribution in [-0.4, -0.2) is 26.8 Å². The zero-order valence-electron chi connectivity index (χ0n) is 10.6. The third-order valence-corrected chi connectivity index (χ3v) is 3.13. The Kier molecular flexibility index (Phi) is 2.93. The molecule has 0 aliphatic rings. The van der Waals surface area contributed by atoms with Crippen LogP contribution in [0.2, 0.25) is 0 Å². The van der Waals surface area contributed by atoms with Gasteiger partial charge in [0.1, 0.15) is 0 Å². The Morgan fingerprint density at radius 3 is 2.65 bits per heavy atom. The summed E-state index contributed by atoms with van der Waals surface area (Å²) in [6.45, 7) is 6.51. The van der Waals surface area contributed by atoms with Gasteiger partial charge in [0.15, 0.2) is 0 Å². The van der Waals surface area contributed by atoms with Gasteiger partial charge in [-0.15, -0.1) is 0 Å². The lowest BCUT2D eigenvalue weighted by atomic mass is 10.1. The molecule has 0 fully saturated rings. The summed E-state index contributed by atoms with van der Waals surface area (Å²) in [5.74, 6) is 0. The number of benzene rings is 1. The molecule has 2 rings (SSSR count). The van der Waals surface area contributed by atoms with Gasteiger partial charge in [-0.05, 0) is 44.0 Å². The molecule has 1 aromatic heterocycles. The van der Waals surface area contributed by atoms with Crippen LogP contribution in [0.3, 0.4) is 0 Å². The van der Waals surface area contributed by atoms with Gasteiger partial charge in [-0.3, -0.25) is 0 Å². The van der Waals surface area contributed by atoms with Crippen LogP contribution in [0, 0.1) is 13.8 Å². The van der Waals surface area contributed by atoms with E-state index in [1.165, 1.54) is 11.1 Å². The second-order valence-corrected chi connectivity index (χ2v) is 5.11. The van der Waals surface area contributed by atoms with E-state index in [2.05, 4.69) is 31.0 Å². The SMILES string of the molecule is Cc1cc2ncn(CC(C)(N)CO)c2cc1C. The molecule has 4 nitrogen and oxygen atoms in total. The molecule has 0 amide bonds. The Morgan fingerprint density at radius 1 is 1.35 bits per heavy atom. The van der Waals surface area contributed by atoms with E-state index in [0.29, 0.717) is 6.54 Å². The van der Waals surface area contributed by atoms with Crippen molar-refractivity contribution >= 4 is 11.0 Å². The van der Waals surface area contributed by atoms with Gasteiger partial charge in [0.05, 0.1) is 29.5 Å². The number of aromatic nitrogens is 2. The van der Waals surface area contributed by atoms with Crippen LogP contribution in [0.25, 0.3) is 11.0 Å². The number of imidazole rings is 1. The lowest BCUT2D eigenvalue weighted by Crippen LogP contribution is -2.44. The number of fused-ring (bicyclic) bond motifs is 1. The molecule has 0 saturated heterocycles. The quantitative estimate of drug-likeness (QED) is 0.841. The number of nitrogens with two attached hydrogens (primary N) is 1. The molecule has 1 unspecified atom stereocenters. The van der Waals surface area contributed by atoms with Crippen molar-refractivity contribution in [1.82, 2.24) is 9.55 Å². The minimum atomic E-state index is -0.619. The summed E-state index contributed by atoms with van der Waals surface area (Å²) in [6, 6.07) is 4.19. The summed E-state index contributed by atoms with van der Waals surface area (Å²) in [5.41, 5.74) is 9.87. The highest BCUT2D eigenvalue weighted by molar-refractivity contribution is 5.77. The van der Waals surface area contributed by atoms with Crippen LogP contribution in [-0.2, 0) is 6.54 Å². The monoisotopic (exact) mass is 233 g/mol. The molecule has 0 radical (unpaired) electrons. The third-order valence-electron chi connectivity index (χ3n) is 3.13. The summed E-state index contributed by atoms with van der Waals surface area (Å²) in [6.07, 6.45) is 1.78. The van der Waals surface area contributed by atoms with Crippen LogP contribution in [0.5, 0.6) is 0 Å². The molecule has 4 heteroatoms. The lowest BCUT2D eigenvalue weighted by molar-refractivity contribution is 0.193. The molecular formula is C13H19N3O. The number of nitrogens with zero attached hydrogens (tertiary/aromatic N) is 2. The first-order valence-corrected chi connectivity index (χ1v) is 5.75. The molecule has 0 aliphatic carbocycles. The van der Waals surface area contributed by atoms with Gasteiger partial charge in [0.2, 0.25) is 0 Å². The minimum Gasteiger partial charge on any atom is -0.394 e. The number of aliphatic hydroxyl groups is 1. The van der Waals surface area contributed by atoms with Crippen LogP contribution in [0.15, 0.2) is 18.5 Å². The highest BCUT2D eigenvalue weighted by atomic mass is 16.3. The summed E-state index contributed by atoms with van der Waals surface area (Å²) < 4.78 is 2.00. The molecule has 0 spiro atoms. The first-order chi connectivity index (χ1) is 7.93. The summed E-state index contributed by atoms with van der Waals surface area (Å²) in [4.78, 5) is 4.36. The maximum Gasteiger partial charge on any atom is 0.0958 e. The number of hydrogen-bond acceptors (Lipinski definition) is 3. The highest BCUT2D eigenvalue weighted by Gasteiger charge is 2.19. The summed E-state index contributed by atoms with van der Waals surface area (Å²) in [5, 5.41) is 9.20. The van der Waals surface area contributed by atoms with Crippen molar-refractivity contribution in [2.24, 2.45) is 5.73 Å². The molecule has 0 aliphatic heterocycles. The second kappa shape index (κ2) is 4.13. The van der Waals surface area contributed by atoms with E-state index in [9.17, 15) is 5.11 Å². The molecule has 92 valence electrons. The maximum atomic E-state index is 9.20. The molecule has 1 heterocycles. The molecule has 0 saturated carbocycles. The van der Waals surface area contributed by atoms with E-state index in [0.717, 1.165) is 11.0 Å². The van der Waals surface area contributed by atoms with Crippen molar-refractivity contribution < 1.29 is 5.11 Å². The average Bonchev–Trinajstić information content (AvgIpc) is 2.62. The standard InChI is InChI=1S/C13H19N3O/c1-9-4-11-12(5-10(9)2)16(8-15-11)6-13(3,14)7-17/h4-5,8,17H,6-7,14H2,1-3H3. The average molecular weight is 233 g/mol. The van der Waals surface area contributed by atoms with Crippen molar-refractivity contribution in [3.63, 3.8) is 0 Å². The topological polar surface area (TPSA) is 64.1 Å². The van der Waals surface area contributed by atoms with Gasteiger partial charge >= 0.3 is 0 Å². The van der Waals surface area contributed by atoms with Crippen LogP contribution in [0.1, 0.15) is 18.1 Å². The van der Waals surface area contributed by atoms with Crippen LogP contribution >= 0.6 is 0 Å². The predicted octanol–water partition coefficient (Wildman–Crippen LogP) is 1.36. The number of aryl methyl sites for hydroxylation is 2. The Bertz CT molecular complexity index is 543. The number of aliphatic hydroxyl groups excluding tert-OH is 1. The van der Waals surface area contributed by atoms with Gasteiger partial charge in [0.25, 0.3) is 0 Å². The van der Waals surface area contributed by atoms with Crippen molar-refractivity contribution in [3.8, 4) is 0 Å². The maximum absolute atomic E-state index is 9.20. The fourth-order valence-electron chi connectivity index (χ4n) is 1.88. The number of rotatable bonds is 3. The normalized spacial score (nSPS) is 15.1. The van der Waals surface area contributed by atoms with Crippen LogP contribution < -0.4 is 5.73 Å². The molecule has 1 atom stereocenters. The zero-order chi connectivity index (χ0) is 12.6. The van der Waals surface area contributed by atoms with Gasteiger partial charge in [-0.1, -0.05) is 0 Å². The first kappa shape index (κ1) is 12.1. The van der Waals surface area contributed by atoms with Crippen molar-refractivity contribution in [3.05, 3.63) is 29.6 Å². The smallest absolute Gasteiger partial charge is 0.0958 e. The van der Waals surface area contributed by atoms with Gasteiger partial charge in [-0.25, -0.2) is 4.98 Å². The highest BCUT2D eigenvalue weighted by Crippen LogP contribution is 2.19. The molecule has 1 aromatic carbocycles. The van der Waals surface area contributed by atoms with Gasteiger partial charge in [-0.2, -0.15) is 0 Å². The molecular weight excluding hydrogens is 214 g/mol. The van der Waals surface area contributed by atoms with Crippen molar-refractivity contribution in [2.45, 2.75) is 32.9 Å². The van der Waals surface area contributed by atoms with Gasteiger partial charge in [0, 0.05) is 6.54 Å². The van der Waals surface area contributed by atoms with Crippen molar-refractivity contribution in [1.29, 1.82) is 0 Å². The second-order valence-electron chi connectivity index (χ2n) is 5.11. The van der Waals surface area contributed by atoms with Gasteiger partial charge < -0.3 is 15.4 Å². The van der Waals surface area contributed by atoms with E-state index in [4.69, 9.17) is 5.73 Å². The first-order valence-electron chi connectivity index (χ1n) is 5.75. The van der Waals surface area contributed by atoms with Crippen molar-refractivity contribution in [2.75, 3.05) is 6.61 Å². The molecule has 17 heavy (non-hydrogen) atoms. The van der Waals surface area contributed by atoms with E-state index < -0.39 is 5.54 Å².